The van der Waals surface area contributed by atoms with Gasteiger partial charge in [0, 0.05) is 29.7 Å². The Morgan fingerprint density at radius 3 is 2.35 bits per heavy atom. The molecular formula is C17H20N2O4. The van der Waals surface area contributed by atoms with Crippen molar-refractivity contribution < 1.29 is 19.6 Å². The second-order valence-corrected chi connectivity index (χ2v) is 5.48. The Bertz CT molecular complexity index is 664. The van der Waals surface area contributed by atoms with Crippen molar-refractivity contribution in [2.24, 2.45) is 0 Å². The van der Waals surface area contributed by atoms with Crippen molar-refractivity contribution in [1.82, 2.24) is 10.8 Å². The van der Waals surface area contributed by atoms with Gasteiger partial charge in [-0.1, -0.05) is 30.7 Å². The van der Waals surface area contributed by atoms with Gasteiger partial charge in [-0.3, -0.25) is 19.6 Å². The zero-order valence-corrected chi connectivity index (χ0v) is 13.0. The number of unbranched alkanes of at least 4 members (excludes halogenated alkanes) is 2. The first-order valence-corrected chi connectivity index (χ1v) is 7.62. The summed E-state index contributed by atoms with van der Waals surface area (Å²) < 4.78 is 0. The van der Waals surface area contributed by atoms with Gasteiger partial charge in [-0.15, -0.1) is 0 Å². The van der Waals surface area contributed by atoms with Gasteiger partial charge in [0.2, 0.25) is 11.7 Å². The zero-order chi connectivity index (χ0) is 16.8. The highest BCUT2D eigenvalue weighted by atomic mass is 16.5. The fourth-order valence-electron chi connectivity index (χ4n) is 2.57. The van der Waals surface area contributed by atoms with E-state index >= 15 is 0 Å². The Labute approximate surface area is 134 Å². The molecule has 1 aromatic rings. The molecular weight excluding hydrogens is 296 g/mol. The first-order chi connectivity index (χ1) is 11.1. The fourth-order valence-corrected chi connectivity index (χ4v) is 2.57. The van der Waals surface area contributed by atoms with Gasteiger partial charge in [-0.2, -0.15) is 0 Å². The molecule has 23 heavy (non-hydrogen) atoms. The van der Waals surface area contributed by atoms with Gasteiger partial charge in [0.05, 0.1) is 5.70 Å². The van der Waals surface area contributed by atoms with Crippen LogP contribution in [0, 0.1) is 0 Å². The topological polar surface area (TPSA) is 95.5 Å². The summed E-state index contributed by atoms with van der Waals surface area (Å²) in [7, 11) is 0. The van der Waals surface area contributed by atoms with E-state index in [1.807, 2.05) is 0 Å². The summed E-state index contributed by atoms with van der Waals surface area (Å²) in [6, 6.07) is 6.83. The molecule has 0 unspecified atom stereocenters. The first kappa shape index (κ1) is 16.9. The standard InChI is InChI=1S/C17H20N2O4/c1-11-15(18-10-6-2-3-9-14(20)19-23)17(22)13-8-5-4-7-12(13)16(11)21/h4-5,7-8,18,23H,2-3,6,9-10H2,1H3,(H,19,20). The summed E-state index contributed by atoms with van der Waals surface area (Å²) in [6.07, 6.45) is 2.47. The van der Waals surface area contributed by atoms with E-state index in [1.165, 1.54) is 0 Å². The Morgan fingerprint density at radius 2 is 1.70 bits per heavy atom. The van der Waals surface area contributed by atoms with E-state index < -0.39 is 5.91 Å². The van der Waals surface area contributed by atoms with E-state index in [0.717, 1.165) is 12.8 Å². The lowest BCUT2D eigenvalue weighted by Gasteiger charge is -2.20. The number of carbonyl (C=O) groups excluding carboxylic acids is 3. The fraction of sp³-hybridized carbons (Fsp3) is 0.353. The number of nitrogens with one attached hydrogen (secondary N) is 2. The van der Waals surface area contributed by atoms with Crippen molar-refractivity contribution >= 4 is 17.5 Å². The van der Waals surface area contributed by atoms with E-state index in [0.29, 0.717) is 35.4 Å². The third-order valence-corrected chi connectivity index (χ3v) is 3.87. The summed E-state index contributed by atoms with van der Waals surface area (Å²) in [6.45, 7) is 2.21. The molecule has 1 aliphatic carbocycles. The molecule has 1 aliphatic rings. The van der Waals surface area contributed by atoms with E-state index in [4.69, 9.17) is 5.21 Å². The number of hydroxylamine groups is 1. The first-order valence-electron chi connectivity index (χ1n) is 7.62. The third-order valence-electron chi connectivity index (χ3n) is 3.87. The average molecular weight is 316 g/mol. The Morgan fingerprint density at radius 1 is 1.04 bits per heavy atom. The predicted octanol–water partition coefficient (Wildman–Crippen LogP) is 2.00. The molecule has 2 rings (SSSR count). The summed E-state index contributed by atoms with van der Waals surface area (Å²) in [5.74, 6) is -0.680. The molecule has 0 fully saturated rings. The smallest absolute Gasteiger partial charge is 0.243 e. The number of benzene rings is 1. The van der Waals surface area contributed by atoms with Crippen LogP contribution in [0.25, 0.3) is 0 Å². The lowest BCUT2D eigenvalue weighted by Crippen LogP contribution is -2.30. The van der Waals surface area contributed by atoms with Crippen molar-refractivity contribution in [1.29, 1.82) is 0 Å². The van der Waals surface area contributed by atoms with Crippen LogP contribution in [0.4, 0.5) is 0 Å². The van der Waals surface area contributed by atoms with Crippen molar-refractivity contribution in [2.45, 2.75) is 32.6 Å². The minimum atomic E-state index is -0.402. The maximum Gasteiger partial charge on any atom is 0.243 e. The molecule has 0 saturated heterocycles. The summed E-state index contributed by atoms with van der Waals surface area (Å²) in [5.41, 5.74) is 3.28. The molecule has 0 spiro atoms. The molecule has 0 bridgehead atoms. The van der Waals surface area contributed by atoms with Crippen LogP contribution >= 0.6 is 0 Å². The molecule has 0 radical (unpaired) electrons. The van der Waals surface area contributed by atoms with Gasteiger partial charge in [0.15, 0.2) is 5.78 Å². The maximum atomic E-state index is 12.5. The highest BCUT2D eigenvalue weighted by Crippen LogP contribution is 2.24. The summed E-state index contributed by atoms with van der Waals surface area (Å²) >= 11 is 0. The van der Waals surface area contributed by atoms with Crippen LogP contribution in [-0.4, -0.2) is 29.2 Å². The van der Waals surface area contributed by atoms with Crippen LogP contribution in [0.5, 0.6) is 0 Å². The number of fused-ring (bicyclic) bond motifs is 1. The zero-order valence-electron chi connectivity index (χ0n) is 13.0. The SMILES string of the molecule is CC1=C(NCCCCCC(=O)NO)C(=O)c2ccccc2C1=O. The molecule has 1 amide bonds. The van der Waals surface area contributed by atoms with Gasteiger partial charge in [0.25, 0.3) is 0 Å². The molecule has 122 valence electrons. The van der Waals surface area contributed by atoms with Gasteiger partial charge in [0.1, 0.15) is 0 Å². The third kappa shape index (κ3) is 3.84. The lowest BCUT2D eigenvalue weighted by molar-refractivity contribution is -0.129. The largest absolute Gasteiger partial charge is 0.382 e. The minimum Gasteiger partial charge on any atom is -0.382 e. The van der Waals surface area contributed by atoms with E-state index in [9.17, 15) is 14.4 Å². The summed E-state index contributed by atoms with van der Waals surface area (Å²) in [5, 5.41) is 11.4. The molecule has 0 heterocycles. The molecule has 1 aromatic carbocycles. The molecule has 6 heteroatoms. The van der Waals surface area contributed by atoms with Crippen LogP contribution in [0.1, 0.15) is 53.3 Å². The van der Waals surface area contributed by atoms with Gasteiger partial charge in [-0.25, -0.2) is 5.48 Å². The normalized spacial score (nSPS) is 13.8. The van der Waals surface area contributed by atoms with Crippen LogP contribution in [0.2, 0.25) is 0 Å². The number of carbonyl (C=O) groups is 3. The van der Waals surface area contributed by atoms with Gasteiger partial charge < -0.3 is 5.32 Å². The highest BCUT2D eigenvalue weighted by Gasteiger charge is 2.29. The van der Waals surface area contributed by atoms with Gasteiger partial charge >= 0.3 is 0 Å². The second-order valence-electron chi connectivity index (χ2n) is 5.48. The van der Waals surface area contributed by atoms with E-state index in [2.05, 4.69) is 5.32 Å². The van der Waals surface area contributed by atoms with Crippen LogP contribution < -0.4 is 10.8 Å². The lowest BCUT2D eigenvalue weighted by atomic mass is 9.88. The minimum absolute atomic E-state index is 0.123. The van der Waals surface area contributed by atoms with Crippen molar-refractivity contribution in [2.75, 3.05) is 6.54 Å². The van der Waals surface area contributed by atoms with Crippen molar-refractivity contribution in [3.8, 4) is 0 Å². The van der Waals surface area contributed by atoms with E-state index in [1.54, 1.807) is 36.7 Å². The van der Waals surface area contributed by atoms with E-state index in [-0.39, 0.29) is 18.0 Å². The number of allylic oxidation sites excluding steroid dienone is 2. The monoisotopic (exact) mass is 316 g/mol. The number of hydrogen-bond donors (Lipinski definition) is 3. The second kappa shape index (κ2) is 7.69. The van der Waals surface area contributed by atoms with Crippen molar-refractivity contribution in [3.05, 3.63) is 46.7 Å². The molecule has 0 aliphatic heterocycles. The van der Waals surface area contributed by atoms with Crippen molar-refractivity contribution in [3.63, 3.8) is 0 Å². The molecule has 0 saturated carbocycles. The Balaban J connectivity index is 1.90. The maximum absolute atomic E-state index is 12.5. The number of ketones is 2. The Kier molecular flexibility index (Phi) is 5.65. The van der Waals surface area contributed by atoms with Gasteiger partial charge in [-0.05, 0) is 19.8 Å². The molecule has 3 N–H and O–H groups in total. The molecule has 6 nitrogen and oxygen atoms in total. The number of Topliss-reactive ketones (excluding diaryl/α,β-unsaturated/α-hetero) is 2. The number of amides is 1. The van der Waals surface area contributed by atoms with Crippen LogP contribution in [-0.2, 0) is 4.79 Å². The quantitative estimate of drug-likeness (QED) is 0.406. The number of rotatable bonds is 7. The summed E-state index contributed by atoms with van der Waals surface area (Å²) in [4.78, 5) is 35.6. The molecule has 0 atom stereocenters. The molecule has 0 aromatic heterocycles. The predicted molar refractivity (Wildman–Crippen MR) is 84.2 cm³/mol. The average Bonchev–Trinajstić information content (AvgIpc) is 2.58. The number of hydrogen-bond acceptors (Lipinski definition) is 5. The van der Waals surface area contributed by atoms with Crippen LogP contribution in [0.3, 0.4) is 0 Å². The Hall–Kier alpha value is -2.47. The highest BCUT2D eigenvalue weighted by molar-refractivity contribution is 6.26. The van der Waals surface area contributed by atoms with Crippen LogP contribution in [0.15, 0.2) is 35.5 Å².